The molecule has 8 heteroatoms. The van der Waals surface area contributed by atoms with Crippen LogP contribution in [-0.4, -0.2) is 46.3 Å². The smallest absolute Gasteiger partial charge is 0.404 e. The zero-order valence-electron chi connectivity index (χ0n) is 13.5. The number of aromatic nitrogens is 1. The fourth-order valence-corrected chi connectivity index (χ4v) is 3.27. The summed E-state index contributed by atoms with van der Waals surface area (Å²) in [6.07, 6.45) is 0.366. The van der Waals surface area contributed by atoms with Crippen LogP contribution in [0.2, 0.25) is 0 Å². The van der Waals surface area contributed by atoms with Gasteiger partial charge in [-0.15, -0.1) is 0 Å². The number of benzene rings is 1. The average Bonchev–Trinajstić information content (AvgIpc) is 2.54. The number of fused-ring (bicyclic) bond motifs is 1. The van der Waals surface area contributed by atoms with Crippen LogP contribution in [0.25, 0.3) is 10.9 Å². The third-order valence-corrected chi connectivity index (χ3v) is 4.58. The summed E-state index contributed by atoms with van der Waals surface area (Å²) in [4.78, 5) is 24.9. The molecule has 1 aromatic heterocycles. The van der Waals surface area contributed by atoms with E-state index in [4.69, 9.17) is 5.11 Å². The third kappa shape index (κ3) is 3.96. The number of piperidine rings is 1. The molecule has 0 radical (unpaired) electrons. The van der Waals surface area contributed by atoms with Gasteiger partial charge < -0.3 is 19.9 Å². The van der Waals surface area contributed by atoms with Crippen LogP contribution in [0.4, 0.5) is 13.6 Å². The molecule has 0 spiro atoms. The summed E-state index contributed by atoms with van der Waals surface area (Å²) >= 11 is 0. The first-order valence-corrected chi connectivity index (χ1v) is 8.14. The molecule has 0 atom stereocenters. The van der Waals surface area contributed by atoms with Gasteiger partial charge in [0.05, 0.1) is 5.52 Å². The van der Waals surface area contributed by atoms with E-state index in [0.29, 0.717) is 39.0 Å². The Morgan fingerprint density at radius 3 is 2.60 bits per heavy atom. The number of nitrogens with zero attached hydrogens (tertiary/aromatic N) is 2. The fraction of sp³-hybridized carbons (Fsp3) is 0.412. The predicted octanol–water partition coefficient (Wildman–Crippen LogP) is 2.01. The number of rotatable bonds is 4. The van der Waals surface area contributed by atoms with Crippen LogP contribution in [0.5, 0.6) is 0 Å². The van der Waals surface area contributed by atoms with Crippen molar-refractivity contribution in [1.82, 2.24) is 14.8 Å². The van der Waals surface area contributed by atoms with Crippen molar-refractivity contribution in [1.29, 1.82) is 0 Å². The van der Waals surface area contributed by atoms with Crippen LogP contribution in [0.15, 0.2) is 29.1 Å². The van der Waals surface area contributed by atoms with Gasteiger partial charge in [-0.1, -0.05) is 0 Å². The Bertz CT molecular complexity index is 845. The van der Waals surface area contributed by atoms with Crippen molar-refractivity contribution in [2.24, 2.45) is 0 Å². The molecule has 0 aliphatic carbocycles. The first-order chi connectivity index (χ1) is 11.9. The van der Waals surface area contributed by atoms with Gasteiger partial charge in [0, 0.05) is 49.7 Å². The Morgan fingerprint density at radius 1 is 1.20 bits per heavy atom. The molecule has 6 nitrogen and oxygen atoms in total. The Hall–Kier alpha value is -2.48. The molecule has 1 saturated heterocycles. The van der Waals surface area contributed by atoms with Gasteiger partial charge in [0.15, 0.2) is 0 Å². The number of pyridine rings is 1. The van der Waals surface area contributed by atoms with Gasteiger partial charge in [0.25, 0.3) is 5.56 Å². The molecule has 0 saturated carbocycles. The number of carboxylic acid groups (broad SMARTS) is 1. The molecular weight excluding hydrogens is 332 g/mol. The standard InChI is InChI=1S/C17H19F2N3O3/c18-11-9-14(19)13-1-2-16(23)22(15(13)10-11)8-7-21-5-3-12(4-6-21)20-17(24)25/h1-2,9-10,12,20H,3-8H2,(H,24,25). The van der Waals surface area contributed by atoms with E-state index in [1.165, 1.54) is 22.8 Å². The summed E-state index contributed by atoms with van der Waals surface area (Å²) < 4.78 is 28.8. The lowest BCUT2D eigenvalue weighted by Gasteiger charge is -2.31. The second-order valence-corrected chi connectivity index (χ2v) is 6.21. The number of likely N-dealkylation sites (tertiary alicyclic amines) is 1. The minimum Gasteiger partial charge on any atom is -0.465 e. The van der Waals surface area contributed by atoms with Crippen molar-refractivity contribution in [2.45, 2.75) is 25.4 Å². The maximum atomic E-state index is 13.9. The molecule has 1 amide bonds. The first kappa shape index (κ1) is 17.3. The first-order valence-electron chi connectivity index (χ1n) is 8.14. The largest absolute Gasteiger partial charge is 0.465 e. The lowest BCUT2D eigenvalue weighted by molar-refractivity contribution is 0.166. The van der Waals surface area contributed by atoms with E-state index >= 15 is 0 Å². The molecule has 2 heterocycles. The summed E-state index contributed by atoms with van der Waals surface area (Å²) in [5, 5.41) is 11.4. The molecule has 2 N–H and O–H groups in total. The van der Waals surface area contributed by atoms with Gasteiger partial charge >= 0.3 is 6.09 Å². The van der Waals surface area contributed by atoms with Crippen molar-refractivity contribution in [3.63, 3.8) is 0 Å². The van der Waals surface area contributed by atoms with Gasteiger partial charge in [-0.25, -0.2) is 13.6 Å². The maximum absolute atomic E-state index is 13.9. The number of hydrogen-bond donors (Lipinski definition) is 2. The number of amides is 1. The highest BCUT2D eigenvalue weighted by Crippen LogP contribution is 2.18. The second-order valence-electron chi connectivity index (χ2n) is 6.21. The molecule has 1 fully saturated rings. The van der Waals surface area contributed by atoms with E-state index in [0.717, 1.165) is 6.07 Å². The Morgan fingerprint density at radius 2 is 1.92 bits per heavy atom. The van der Waals surface area contributed by atoms with Gasteiger partial charge in [-0.2, -0.15) is 0 Å². The number of nitrogens with one attached hydrogen (secondary N) is 1. The molecule has 0 bridgehead atoms. The molecule has 2 aromatic rings. The lowest BCUT2D eigenvalue weighted by Crippen LogP contribution is -2.45. The average molecular weight is 351 g/mol. The molecule has 25 heavy (non-hydrogen) atoms. The van der Waals surface area contributed by atoms with Crippen molar-refractivity contribution in [2.75, 3.05) is 19.6 Å². The fourth-order valence-electron chi connectivity index (χ4n) is 3.27. The summed E-state index contributed by atoms with van der Waals surface area (Å²) in [5.74, 6) is -1.41. The molecule has 134 valence electrons. The van der Waals surface area contributed by atoms with Crippen LogP contribution in [0.3, 0.4) is 0 Å². The minimum absolute atomic E-state index is 0.0581. The maximum Gasteiger partial charge on any atom is 0.404 e. The van der Waals surface area contributed by atoms with Crippen molar-refractivity contribution >= 4 is 17.0 Å². The Kier molecular flexibility index (Phi) is 4.98. The van der Waals surface area contributed by atoms with Crippen molar-refractivity contribution in [3.8, 4) is 0 Å². The van der Waals surface area contributed by atoms with Crippen LogP contribution < -0.4 is 10.9 Å². The van der Waals surface area contributed by atoms with Crippen LogP contribution in [0, 0.1) is 11.6 Å². The van der Waals surface area contributed by atoms with Crippen LogP contribution in [-0.2, 0) is 6.54 Å². The summed E-state index contributed by atoms with van der Waals surface area (Å²) in [5.41, 5.74) is -0.0626. The molecule has 0 unspecified atom stereocenters. The zero-order chi connectivity index (χ0) is 18.0. The van der Waals surface area contributed by atoms with E-state index in [9.17, 15) is 18.4 Å². The zero-order valence-corrected chi connectivity index (χ0v) is 13.5. The lowest BCUT2D eigenvalue weighted by atomic mass is 10.1. The van der Waals surface area contributed by atoms with Crippen LogP contribution in [0.1, 0.15) is 12.8 Å². The Labute approximate surface area is 142 Å². The normalized spacial score (nSPS) is 16.2. The number of halogens is 2. The van der Waals surface area contributed by atoms with Gasteiger partial charge in [-0.3, -0.25) is 4.79 Å². The topological polar surface area (TPSA) is 74.6 Å². The summed E-state index contributed by atoms with van der Waals surface area (Å²) in [7, 11) is 0. The Balaban J connectivity index is 1.71. The van der Waals surface area contributed by atoms with E-state index in [2.05, 4.69) is 10.2 Å². The van der Waals surface area contributed by atoms with Crippen molar-refractivity contribution in [3.05, 3.63) is 46.3 Å². The SMILES string of the molecule is O=C(O)NC1CCN(CCn2c(=O)ccc3c(F)cc(F)cc32)CC1. The van der Waals surface area contributed by atoms with E-state index in [1.807, 2.05) is 0 Å². The second kappa shape index (κ2) is 7.18. The molecular formula is C17H19F2N3O3. The number of hydrogen-bond acceptors (Lipinski definition) is 3. The van der Waals surface area contributed by atoms with Crippen LogP contribution >= 0.6 is 0 Å². The molecule has 1 aliphatic heterocycles. The highest BCUT2D eigenvalue weighted by molar-refractivity contribution is 5.79. The molecule has 1 aromatic carbocycles. The highest BCUT2D eigenvalue weighted by Gasteiger charge is 2.20. The highest BCUT2D eigenvalue weighted by atomic mass is 19.1. The van der Waals surface area contributed by atoms with E-state index in [-0.39, 0.29) is 22.5 Å². The van der Waals surface area contributed by atoms with Gasteiger partial charge in [0.1, 0.15) is 11.6 Å². The van der Waals surface area contributed by atoms with E-state index < -0.39 is 17.7 Å². The van der Waals surface area contributed by atoms with Gasteiger partial charge in [-0.05, 0) is 25.0 Å². The third-order valence-electron chi connectivity index (χ3n) is 4.58. The van der Waals surface area contributed by atoms with Crippen molar-refractivity contribution < 1.29 is 18.7 Å². The van der Waals surface area contributed by atoms with E-state index in [1.54, 1.807) is 0 Å². The monoisotopic (exact) mass is 351 g/mol. The molecule has 1 aliphatic rings. The predicted molar refractivity (Wildman–Crippen MR) is 88.7 cm³/mol. The van der Waals surface area contributed by atoms with Gasteiger partial charge in [0.2, 0.25) is 0 Å². The summed E-state index contributed by atoms with van der Waals surface area (Å²) in [6.45, 7) is 2.27. The quantitative estimate of drug-likeness (QED) is 0.884. The molecule has 3 rings (SSSR count). The number of carbonyl (C=O) groups is 1. The summed E-state index contributed by atoms with van der Waals surface area (Å²) in [6, 6.07) is 4.57. The minimum atomic E-state index is -1.02.